The summed E-state index contributed by atoms with van der Waals surface area (Å²) >= 11 is 0. The zero-order valence-electron chi connectivity index (χ0n) is 12.2. The zero-order chi connectivity index (χ0) is 15.2. The second-order valence-corrected chi connectivity index (χ2v) is 6.16. The molecule has 5 heteroatoms. The quantitative estimate of drug-likeness (QED) is 0.882. The summed E-state index contributed by atoms with van der Waals surface area (Å²) in [4.78, 5) is 23.2. The standard InChI is InChI=1S/C16H19NO4/c1-9-5-11-7-13(21-12(11)6-10(9)2)14(18)17-8-16(3-4-16)15(19)20/h5-6,13H,3-4,7-8H2,1-2H3,(H,17,18)(H,19,20). The number of carbonyl (C=O) groups is 2. The molecule has 1 aromatic rings. The Morgan fingerprint density at radius 3 is 2.62 bits per heavy atom. The van der Waals surface area contributed by atoms with Crippen LogP contribution in [0.4, 0.5) is 0 Å². The summed E-state index contributed by atoms with van der Waals surface area (Å²) < 4.78 is 5.69. The number of rotatable bonds is 4. The highest BCUT2D eigenvalue weighted by Gasteiger charge is 2.50. The summed E-state index contributed by atoms with van der Waals surface area (Å²) in [5.41, 5.74) is 2.62. The van der Waals surface area contributed by atoms with Crippen LogP contribution >= 0.6 is 0 Å². The number of amides is 1. The molecule has 1 fully saturated rings. The summed E-state index contributed by atoms with van der Waals surface area (Å²) in [6.45, 7) is 4.23. The maximum absolute atomic E-state index is 12.2. The number of nitrogens with one attached hydrogen (secondary N) is 1. The second-order valence-electron chi connectivity index (χ2n) is 6.16. The molecular weight excluding hydrogens is 270 g/mol. The first kappa shape index (κ1) is 13.9. The highest BCUT2D eigenvalue weighted by atomic mass is 16.5. The van der Waals surface area contributed by atoms with E-state index in [4.69, 9.17) is 9.84 Å². The fraction of sp³-hybridized carbons (Fsp3) is 0.500. The molecule has 1 atom stereocenters. The molecule has 1 aromatic carbocycles. The minimum absolute atomic E-state index is 0.190. The number of carbonyl (C=O) groups excluding carboxylic acids is 1. The third kappa shape index (κ3) is 2.48. The van der Waals surface area contributed by atoms with Gasteiger partial charge in [-0.2, -0.15) is 0 Å². The highest BCUT2D eigenvalue weighted by molar-refractivity contribution is 5.84. The van der Waals surface area contributed by atoms with Gasteiger partial charge in [-0.3, -0.25) is 9.59 Å². The van der Waals surface area contributed by atoms with Crippen LogP contribution < -0.4 is 10.1 Å². The molecule has 21 heavy (non-hydrogen) atoms. The Hall–Kier alpha value is -2.04. The van der Waals surface area contributed by atoms with Crippen LogP contribution in [0.2, 0.25) is 0 Å². The van der Waals surface area contributed by atoms with Crippen molar-refractivity contribution in [1.82, 2.24) is 5.32 Å². The van der Waals surface area contributed by atoms with Crippen molar-refractivity contribution in [2.45, 2.75) is 39.2 Å². The van der Waals surface area contributed by atoms with E-state index in [0.717, 1.165) is 16.9 Å². The number of aliphatic carboxylic acids is 1. The molecule has 0 spiro atoms. The van der Waals surface area contributed by atoms with Gasteiger partial charge in [-0.1, -0.05) is 6.07 Å². The predicted molar refractivity (Wildman–Crippen MR) is 76.3 cm³/mol. The minimum Gasteiger partial charge on any atom is -0.481 e. The summed E-state index contributed by atoms with van der Waals surface area (Å²) in [5.74, 6) is -0.295. The lowest BCUT2D eigenvalue weighted by Gasteiger charge is -2.14. The normalized spacial score (nSPS) is 21.3. The van der Waals surface area contributed by atoms with Gasteiger partial charge in [0, 0.05) is 13.0 Å². The van der Waals surface area contributed by atoms with Crippen LogP contribution in [-0.2, 0) is 16.0 Å². The molecule has 2 aliphatic rings. The molecule has 1 amide bonds. The molecule has 0 bridgehead atoms. The number of carboxylic acids is 1. The fourth-order valence-electron chi connectivity index (χ4n) is 2.65. The molecule has 3 rings (SSSR count). The van der Waals surface area contributed by atoms with E-state index >= 15 is 0 Å². The average Bonchev–Trinajstić information content (AvgIpc) is 3.12. The van der Waals surface area contributed by atoms with Crippen LogP contribution in [0.5, 0.6) is 5.75 Å². The third-order valence-corrected chi connectivity index (χ3v) is 4.55. The van der Waals surface area contributed by atoms with E-state index in [-0.39, 0.29) is 12.5 Å². The van der Waals surface area contributed by atoms with Gasteiger partial charge in [-0.15, -0.1) is 0 Å². The Morgan fingerprint density at radius 1 is 1.33 bits per heavy atom. The lowest BCUT2D eigenvalue weighted by Crippen LogP contribution is -2.41. The molecule has 0 radical (unpaired) electrons. The van der Waals surface area contributed by atoms with Gasteiger partial charge in [0.15, 0.2) is 6.10 Å². The lowest BCUT2D eigenvalue weighted by molar-refractivity contribution is -0.143. The minimum atomic E-state index is -0.829. The van der Waals surface area contributed by atoms with Crippen LogP contribution in [0.1, 0.15) is 29.5 Å². The Morgan fingerprint density at radius 2 is 2.00 bits per heavy atom. The molecular formula is C16H19NO4. The van der Waals surface area contributed by atoms with Gasteiger partial charge in [0.05, 0.1) is 5.41 Å². The van der Waals surface area contributed by atoms with E-state index in [2.05, 4.69) is 11.4 Å². The molecule has 0 aromatic heterocycles. The van der Waals surface area contributed by atoms with E-state index < -0.39 is 17.5 Å². The molecule has 112 valence electrons. The van der Waals surface area contributed by atoms with E-state index in [9.17, 15) is 9.59 Å². The zero-order valence-corrected chi connectivity index (χ0v) is 12.2. The number of benzene rings is 1. The number of hydrogen-bond acceptors (Lipinski definition) is 3. The largest absolute Gasteiger partial charge is 0.481 e. The maximum Gasteiger partial charge on any atom is 0.311 e. The van der Waals surface area contributed by atoms with Gasteiger partial charge in [0.2, 0.25) is 0 Å². The smallest absolute Gasteiger partial charge is 0.311 e. The summed E-state index contributed by atoms with van der Waals surface area (Å²) in [6.07, 6.45) is 1.26. The van der Waals surface area contributed by atoms with E-state index in [0.29, 0.717) is 19.3 Å². The molecule has 0 saturated heterocycles. The average molecular weight is 289 g/mol. The lowest BCUT2D eigenvalue weighted by atomic mass is 10.0. The van der Waals surface area contributed by atoms with Crippen LogP contribution in [0.25, 0.3) is 0 Å². The van der Waals surface area contributed by atoms with Gasteiger partial charge in [0.25, 0.3) is 5.91 Å². The van der Waals surface area contributed by atoms with Crippen molar-refractivity contribution in [1.29, 1.82) is 0 Å². The molecule has 1 heterocycles. The van der Waals surface area contributed by atoms with E-state index in [1.54, 1.807) is 0 Å². The predicted octanol–water partition coefficient (Wildman–Crippen LogP) is 1.59. The van der Waals surface area contributed by atoms with Crippen molar-refractivity contribution in [3.63, 3.8) is 0 Å². The molecule has 2 N–H and O–H groups in total. The first-order valence-electron chi connectivity index (χ1n) is 7.19. The monoisotopic (exact) mass is 289 g/mol. The second kappa shape index (κ2) is 4.76. The third-order valence-electron chi connectivity index (χ3n) is 4.55. The number of ether oxygens (including phenoxy) is 1. The number of aryl methyl sites for hydroxylation is 2. The fourth-order valence-corrected chi connectivity index (χ4v) is 2.65. The molecule has 1 unspecified atom stereocenters. The van der Waals surface area contributed by atoms with Crippen LogP contribution in [0, 0.1) is 19.3 Å². The number of hydrogen-bond donors (Lipinski definition) is 2. The van der Waals surface area contributed by atoms with Crippen molar-refractivity contribution >= 4 is 11.9 Å². The maximum atomic E-state index is 12.2. The first-order valence-corrected chi connectivity index (χ1v) is 7.19. The Balaban J connectivity index is 1.62. The van der Waals surface area contributed by atoms with E-state index in [1.807, 2.05) is 19.9 Å². The van der Waals surface area contributed by atoms with Crippen LogP contribution in [0.15, 0.2) is 12.1 Å². The SMILES string of the molecule is Cc1cc2c(cc1C)OC(C(=O)NCC1(C(=O)O)CC1)C2. The van der Waals surface area contributed by atoms with Gasteiger partial charge >= 0.3 is 5.97 Å². The van der Waals surface area contributed by atoms with Gasteiger partial charge in [-0.25, -0.2) is 0 Å². The summed E-state index contributed by atoms with van der Waals surface area (Å²) in [6, 6.07) is 4.01. The Labute approximate surface area is 123 Å². The molecule has 1 aliphatic carbocycles. The number of fused-ring (bicyclic) bond motifs is 1. The van der Waals surface area contributed by atoms with E-state index in [1.165, 1.54) is 5.56 Å². The summed E-state index contributed by atoms with van der Waals surface area (Å²) in [5, 5.41) is 11.8. The van der Waals surface area contributed by atoms with Crippen molar-refractivity contribution in [3.8, 4) is 5.75 Å². The van der Waals surface area contributed by atoms with Crippen molar-refractivity contribution < 1.29 is 19.4 Å². The first-order chi connectivity index (χ1) is 9.91. The Kier molecular flexibility index (Phi) is 3.15. The van der Waals surface area contributed by atoms with Crippen molar-refractivity contribution in [2.24, 2.45) is 5.41 Å². The Bertz CT molecular complexity index is 588. The van der Waals surface area contributed by atoms with Crippen molar-refractivity contribution in [3.05, 3.63) is 28.8 Å². The van der Waals surface area contributed by atoms with Crippen LogP contribution in [0.3, 0.4) is 0 Å². The van der Waals surface area contributed by atoms with Crippen molar-refractivity contribution in [2.75, 3.05) is 6.54 Å². The van der Waals surface area contributed by atoms with Gasteiger partial charge < -0.3 is 15.2 Å². The van der Waals surface area contributed by atoms with Gasteiger partial charge in [0.1, 0.15) is 5.75 Å². The number of carboxylic acid groups (broad SMARTS) is 1. The molecule has 5 nitrogen and oxygen atoms in total. The molecule has 1 saturated carbocycles. The highest BCUT2D eigenvalue weighted by Crippen LogP contribution is 2.45. The topological polar surface area (TPSA) is 75.6 Å². The van der Waals surface area contributed by atoms with Gasteiger partial charge in [-0.05, 0) is 49.4 Å². The van der Waals surface area contributed by atoms with Crippen LogP contribution in [-0.4, -0.2) is 29.6 Å². The summed E-state index contributed by atoms with van der Waals surface area (Å²) in [7, 11) is 0. The molecule has 1 aliphatic heterocycles.